The number of halogens is 1. The molecule has 1 unspecified atom stereocenters. The van der Waals surface area contributed by atoms with Crippen molar-refractivity contribution >= 4 is 15.9 Å². The molecule has 0 aliphatic rings. The summed E-state index contributed by atoms with van der Waals surface area (Å²) in [5, 5.41) is 10.3. The van der Waals surface area contributed by atoms with Crippen molar-refractivity contribution < 1.29 is 9.84 Å². The van der Waals surface area contributed by atoms with Crippen LogP contribution in [0.4, 0.5) is 0 Å². The zero-order valence-corrected chi connectivity index (χ0v) is 13.0. The number of rotatable bonds is 7. The summed E-state index contributed by atoms with van der Waals surface area (Å²) in [4.78, 5) is 0. The molecule has 1 rings (SSSR count). The second-order valence-electron chi connectivity index (χ2n) is 4.56. The summed E-state index contributed by atoms with van der Waals surface area (Å²) < 4.78 is 6.52. The Morgan fingerprint density at radius 2 is 1.89 bits per heavy atom. The van der Waals surface area contributed by atoms with E-state index in [9.17, 15) is 5.11 Å². The number of aliphatic hydroxyl groups is 1. The van der Waals surface area contributed by atoms with E-state index in [4.69, 9.17) is 4.74 Å². The molecule has 1 N–H and O–H groups in total. The number of aliphatic hydroxyl groups excluding tert-OH is 1. The number of ether oxygens (including phenoxy) is 1. The second-order valence-corrected chi connectivity index (χ2v) is 5.41. The van der Waals surface area contributed by atoms with E-state index in [1.165, 1.54) is 0 Å². The van der Waals surface area contributed by atoms with Crippen molar-refractivity contribution in [3.8, 4) is 5.75 Å². The highest BCUT2D eigenvalue weighted by Crippen LogP contribution is 2.32. The van der Waals surface area contributed by atoms with Gasteiger partial charge in [-0.15, -0.1) is 0 Å². The van der Waals surface area contributed by atoms with E-state index in [-0.39, 0.29) is 0 Å². The zero-order chi connectivity index (χ0) is 13.5. The lowest BCUT2D eigenvalue weighted by Gasteiger charge is -2.21. The molecule has 0 aliphatic carbocycles. The van der Waals surface area contributed by atoms with Gasteiger partial charge >= 0.3 is 0 Å². The quantitative estimate of drug-likeness (QED) is 0.790. The van der Waals surface area contributed by atoms with Gasteiger partial charge in [-0.25, -0.2) is 0 Å². The monoisotopic (exact) mass is 314 g/mol. The minimum absolute atomic E-state index is 0.319. The third-order valence-corrected chi connectivity index (χ3v) is 3.87. The van der Waals surface area contributed by atoms with Crippen LogP contribution in [0.25, 0.3) is 0 Å². The molecule has 0 fully saturated rings. The summed E-state index contributed by atoms with van der Waals surface area (Å²) in [5.41, 5.74) is 0.958. The number of benzene rings is 1. The average Bonchev–Trinajstić information content (AvgIpc) is 2.38. The van der Waals surface area contributed by atoms with Gasteiger partial charge in [-0.3, -0.25) is 0 Å². The standard InChI is InChI=1S/C15H23BrO2/c1-4-9-18-14-8-7-12(10-13(14)16)15(17)11(5-2)6-3/h7-8,10-11,15,17H,4-6,9H2,1-3H3. The van der Waals surface area contributed by atoms with Gasteiger partial charge in [0.05, 0.1) is 17.2 Å². The van der Waals surface area contributed by atoms with Crippen LogP contribution in [0.5, 0.6) is 5.75 Å². The fraction of sp³-hybridized carbons (Fsp3) is 0.600. The summed E-state index contributed by atoms with van der Waals surface area (Å²) in [6.45, 7) is 7.03. The molecule has 0 aromatic heterocycles. The van der Waals surface area contributed by atoms with E-state index in [0.29, 0.717) is 12.5 Å². The molecule has 1 atom stereocenters. The molecule has 0 spiro atoms. The third kappa shape index (κ3) is 3.99. The molecule has 2 nitrogen and oxygen atoms in total. The zero-order valence-electron chi connectivity index (χ0n) is 11.4. The Balaban J connectivity index is 2.82. The summed E-state index contributed by atoms with van der Waals surface area (Å²) in [7, 11) is 0. The van der Waals surface area contributed by atoms with Crippen LogP contribution in [0.3, 0.4) is 0 Å². The first-order valence-electron chi connectivity index (χ1n) is 6.74. The fourth-order valence-electron chi connectivity index (χ4n) is 2.04. The first-order chi connectivity index (χ1) is 8.63. The summed E-state index contributed by atoms with van der Waals surface area (Å²) in [5.74, 6) is 1.16. The molecule has 0 radical (unpaired) electrons. The van der Waals surface area contributed by atoms with Crippen LogP contribution in [0.15, 0.2) is 22.7 Å². The van der Waals surface area contributed by atoms with Crippen LogP contribution in [0.1, 0.15) is 51.7 Å². The Morgan fingerprint density at radius 1 is 1.22 bits per heavy atom. The van der Waals surface area contributed by atoms with Gasteiger partial charge in [0.1, 0.15) is 5.75 Å². The molecule has 0 aliphatic heterocycles. The van der Waals surface area contributed by atoms with E-state index in [1.54, 1.807) is 0 Å². The molecule has 0 saturated carbocycles. The molecule has 0 saturated heterocycles. The van der Waals surface area contributed by atoms with Crippen molar-refractivity contribution in [2.75, 3.05) is 6.61 Å². The van der Waals surface area contributed by atoms with Crippen molar-refractivity contribution in [1.29, 1.82) is 0 Å². The van der Waals surface area contributed by atoms with Crippen LogP contribution >= 0.6 is 15.9 Å². The predicted octanol–water partition coefficient (Wildman–Crippen LogP) is 4.71. The lowest BCUT2D eigenvalue weighted by atomic mass is 9.91. The first-order valence-corrected chi connectivity index (χ1v) is 7.53. The maximum absolute atomic E-state index is 10.3. The minimum atomic E-state index is -0.392. The van der Waals surface area contributed by atoms with Crippen molar-refractivity contribution in [3.63, 3.8) is 0 Å². The highest BCUT2D eigenvalue weighted by atomic mass is 79.9. The van der Waals surface area contributed by atoms with Gasteiger partial charge in [-0.1, -0.05) is 39.7 Å². The van der Waals surface area contributed by atoms with Crippen LogP contribution in [-0.4, -0.2) is 11.7 Å². The normalized spacial score (nSPS) is 12.8. The van der Waals surface area contributed by atoms with Crippen LogP contribution in [0.2, 0.25) is 0 Å². The third-order valence-electron chi connectivity index (χ3n) is 3.25. The molecule has 102 valence electrons. The van der Waals surface area contributed by atoms with Crippen molar-refractivity contribution in [2.24, 2.45) is 5.92 Å². The lowest BCUT2D eigenvalue weighted by molar-refractivity contribution is 0.103. The van der Waals surface area contributed by atoms with Gasteiger partial charge < -0.3 is 9.84 Å². The Hall–Kier alpha value is -0.540. The Labute approximate surface area is 118 Å². The average molecular weight is 315 g/mol. The summed E-state index contributed by atoms with van der Waals surface area (Å²) in [6.07, 6.45) is 2.58. The van der Waals surface area contributed by atoms with Gasteiger partial charge in [0.25, 0.3) is 0 Å². The first kappa shape index (κ1) is 15.5. The lowest BCUT2D eigenvalue weighted by Crippen LogP contribution is -2.11. The van der Waals surface area contributed by atoms with Gasteiger partial charge in [-0.05, 0) is 46.0 Å². The van der Waals surface area contributed by atoms with Gasteiger partial charge in [0.2, 0.25) is 0 Å². The molecule has 3 heteroatoms. The van der Waals surface area contributed by atoms with Gasteiger partial charge in [0, 0.05) is 0 Å². The number of hydrogen-bond acceptors (Lipinski definition) is 2. The van der Waals surface area contributed by atoms with Crippen molar-refractivity contribution in [3.05, 3.63) is 28.2 Å². The second kappa shape index (κ2) is 7.80. The van der Waals surface area contributed by atoms with Gasteiger partial charge in [0.15, 0.2) is 0 Å². The fourth-order valence-corrected chi connectivity index (χ4v) is 2.55. The topological polar surface area (TPSA) is 29.5 Å². The molecular formula is C15H23BrO2. The highest BCUT2D eigenvalue weighted by molar-refractivity contribution is 9.10. The summed E-state index contributed by atoms with van der Waals surface area (Å²) in [6, 6.07) is 5.85. The smallest absolute Gasteiger partial charge is 0.133 e. The molecule has 18 heavy (non-hydrogen) atoms. The minimum Gasteiger partial charge on any atom is -0.492 e. The van der Waals surface area contributed by atoms with E-state index >= 15 is 0 Å². The summed E-state index contributed by atoms with van der Waals surface area (Å²) >= 11 is 3.50. The van der Waals surface area contributed by atoms with Crippen LogP contribution in [-0.2, 0) is 0 Å². The number of hydrogen-bond donors (Lipinski definition) is 1. The molecule has 0 amide bonds. The largest absolute Gasteiger partial charge is 0.492 e. The Bertz CT molecular complexity index is 362. The maximum atomic E-state index is 10.3. The van der Waals surface area contributed by atoms with E-state index in [0.717, 1.165) is 35.0 Å². The Morgan fingerprint density at radius 3 is 2.39 bits per heavy atom. The van der Waals surface area contributed by atoms with Crippen molar-refractivity contribution in [1.82, 2.24) is 0 Å². The van der Waals surface area contributed by atoms with Gasteiger partial charge in [-0.2, -0.15) is 0 Å². The van der Waals surface area contributed by atoms with Crippen LogP contribution < -0.4 is 4.74 Å². The SMILES string of the molecule is CCCOc1ccc(C(O)C(CC)CC)cc1Br. The van der Waals surface area contributed by atoms with E-state index in [1.807, 2.05) is 18.2 Å². The van der Waals surface area contributed by atoms with E-state index < -0.39 is 6.10 Å². The van der Waals surface area contributed by atoms with E-state index in [2.05, 4.69) is 36.7 Å². The molecule has 1 aromatic carbocycles. The molecule has 1 aromatic rings. The predicted molar refractivity (Wildman–Crippen MR) is 79.0 cm³/mol. The molecule has 0 bridgehead atoms. The highest BCUT2D eigenvalue weighted by Gasteiger charge is 2.18. The molecular weight excluding hydrogens is 292 g/mol. The molecule has 0 heterocycles. The van der Waals surface area contributed by atoms with Crippen LogP contribution in [0, 0.1) is 5.92 Å². The Kier molecular flexibility index (Phi) is 6.72. The maximum Gasteiger partial charge on any atom is 0.133 e. The van der Waals surface area contributed by atoms with Crippen molar-refractivity contribution in [2.45, 2.75) is 46.1 Å².